The van der Waals surface area contributed by atoms with Crippen molar-refractivity contribution < 1.29 is 28.2 Å². The number of anilines is 1. The summed E-state index contributed by atoms with van der Waals surface area (Å²) in [5, 5.41) is 2.35. The molecule has 0 aromatic heterocycles. The van der Waals surface area contributed by atoms with Crippen LogP contribution in [-0.2, 0) is 9.53 Å². The Kier molecular flexibility index (Phi) is 8.27. The van der Waals surface area contributed by atoms with Gasteiger partial charge < -0.3 is 19.5 Å². The van der Waals surface area contributed by atoms with E-state index in [1.165, 1.54) is 24.3 Å². The van der Waals surface area contributed by atoms with Crippen molar-refractivity contribution in [1.82, 2.24) is 0 Å². The summed E-state index contributed by atoms with van der Waals surface area (Å²) in [6.45, 7) is 4.43. The van der Waals surface area contributed by atoms with E-state index in [9.17, 15) is 14.0 Å². The summed E-state index contributed by atoms with van der Waals surface area (Å²) in [5.74, 6) is -0.900. The molecule has 2 aromatic rings. The fraction of sp³-hybridized carbons (Fsp3) is 0.333. The summed E-state index contributed by atoms with van der Waals surface area (Å²) in [5.41, 5.74) is 0.255. The largest absolute Gasteiger partial charge is 0.490 e. The lowest BCUT2D eigenvalue weighted by Gasteiger charge is -2.13. The van der Waals surface area contributed by atoms with Gasteiger partial charge in [0.15, 0.2) is 18.1 Å². The second-order valence-corrected chi connectivity index (χ2v) is 5.96. The molecule has 0 spiro atoms. The van der Waals surface area contributed by atoms with Gasteiger partial charge in [-0.2, -0.15) is 0 Å². The van der Waals surface area contributed by atoms with Crippen molar-refractivity contribution in [2.75, 3.05) is 25.1 Å². The van der Waals surface area contributed by atoms with Gasteiger partial charge in [0.1, 0.15) is 5.82 Å². The van der Waals surface area contributed by atoms with Crippen LogP contribution in [0.2, 0.25) is 0 Å². The Morgan fingerprint density at radius 2 is 1.64 bits per heavy atom. The molecule has 7 heteroatoms. The van der Waals surface area contributed by atoms with E-state index in [1.54, 1.807) is 18.2 Å². The maximum Gasteiger partial charge on any atom is 0.338 e. The van der Waals surface area contributed by atoms with E-state index >= 15 is 0 Å². The molecular weight excluding hydrogens is 365 g/mol. The Balaban J connectivity index is 1.98. The first kappa shape index (κ1) is 21.2. The van der Waals surface area contributed by atoms with Gasteiger partial charge in [0, 0.05) is 0 Å². The van der Waals surface area contributed by atoms with Gasteiger partial charge in [-0.15, -0.1) is 0 Å². The average Bonchev–Trinajstić information content (AvgIpc) is 2.70. The molecule has 28 heavy (non-hydrogen) atoms. The predicted molar refractivity (Wildman–Crippen MR) is 103 cm³/mol. The number of hydrogen-bond donors (Lipinski definition) is 1. The van der Waals surface area contributed by atoms with Crippen molar-refractivity contribution in [2.45, 2.75) is 26.7 Å². The number of ether oxygens (including phenoxy) is 3. The minimum atomic E-state index is -0.688. The molecule has 1 N–H and O–H groups in total. The topological polar surface area (TPSA) is 73.9 Å². The molecule has 6 nitrogen and oxygen atoms in total. The lowest BCUT2D eigenvalue weighted by atomic mass is 10.2. The van der Waals surface area contributed by atoms with Gasteiger partial charge in [0.2, 0.25) is 0 Å². The van der Waals surface area contributed by atoms with Crippen molar-refractivity contribution in [2.24, 2.45) is 0 Å². The molecule has 0 unspecified atom stereocenters. The summed E-state index contributed by atoms with van der Waals surface area (Å²) in [4.78, 5) is 24.1. The molecule has 0 heterocycles. The molecule has 2 rings (SSSR count). The monoisotopic (exact) mass is 389 g/mol. The minimum Gasteiger partial charge on any atom is -0.490 e. The number of carbonyl (C=O) groups excluding carboxylic acids is 2. The zero-order valence-corrected chi connectivity index (χ0v) is 16.0. The molecule has 2 aromatic carbocycles. The third-order valence-electron chi connectivity index (χ3n) is 3.59. The summed E-state index contributed by atoms with van der Waals surface area (Å²) in [7, 11) is 0. The van der Waals surface area contributed by atoms with Gasteiger partial charge in [0.05, 0.1) is 24.5 Å². The van der Waals surface area contributed by atoms with Gasteiger partial charge >= 0.3 is 5.97 Å². The highest BCUT2D eigenvalue weighted by Crippen LogP contribution is 2.29. The molecule has 0 aliphatic carbocycles. The number of halogens is 1. The fourth-order valence-electron chi connectivity index (χ4n) is 2.25. The average molecular weight is 389 g/mol. The summed E-state index contributed by atoms with van der Waals surface area (Å²) in [6.07, 6.45) is 1.65. The zero-order valence-electron chi connectivity index (χ0n) is 16.0. The molecule has 0 atom stereocenters. The SMILES string of the molecule is CCCOc1ccc(C(=O)OCC(=O)Nc2ccccc2F)cc1OCCC. The second kappa shape index (κ2) is 10.9. The number of benzene rings is 2. The zero-order chi connectivity index (χ0) is 20.4. The number of rotatable bonds is 10. The molecule has 0 radical (unpaired) electrons. The number of hydrogen-bond acceptors (Lipinski definition) is 5. The van der Waals surface area contributed by atoms with Crippen molar-refractivity contribution in [3.8, 4) is 11.5 Å². The lowest BCUT2D eigenvalue weighted by molar-refractivity contribution is -0.119. The van der Waals surface area contributed by atoms with E-state index in [2.05, 4.69) is 5.32 Å². The van der Waals surface area contributed by atoms with Crippen LogP contribution in [0.1, 0.15) is 37.0 Å². The van der Waals surface area contributed by atoms with Crippen LogP contribution in [0.25, 0.3) is 0 Å². The molecule has 0 fully saturated rings. The van der Waals surface area contributed by atoms with Crippen molar-refractivity contribution >= 4 is 17.6 Å². The molecule has 150 valence electrons. The van der Waals surface area contributed by atoms with Gasteiger partial charge in [0.25, 0.3) is 5.91 Å². The quantitative estimate of drug-likeness (QED) is 0.617. The van der Waals surface area contributed by atoms with Crippen LogP contribution in [0.3, 0.4) is 0 Å². The maximum atomic E-state index is 13.5. The Bertz CT molecular complexity index is 809. The van der Waals surface area contributed by atoms with E-state index in [-0.39, 0.29) is 11.3 Å². The standard InChI is InChI=1S/C21H24FNO5/c1-3-11-26-18-10-9-15(13-19(18)27-12-4-2)21(25)28-14-20(24)23-17-8-6-5-7-16(17)22/h5-10,13H,3-4,11-12,14H2,1-2H3,(H,23,24). The van der Waals surface area contributed by atoms with Gasteiger partial charge in [-0.3, -0.25) is 4.79 Å². The van der Waals surface area contributed by atoms with Crippen LogP contribution in [0.5, 0.6) is 11.5 Å². The lowest BCUT2D eigenvalue weighted by Crippen LogP contribution is -2.21. The number of para-hydroxylation sites is 1. The number of amides is 1. The van der Waals surface area contributed by atoms with E-state index in [0.29, 0.717) is 24.7 Å². The van der Waals surface area contributed by atoms with E-state index < -0.39 is 24.3 Å². The predicted octanol–water partition coefficient (Wildman–Crippen LogP) is 4.20. The van der Waals surface area contributed by atoms with Gasteiger partial charge in [-0.25, -0.2) is 9.18 Å². The first-order valence-corrected chi connectivity index (χ1v) is 9.16. The summed E-state index contributed by atoms with van der Waals surface area (Å²) < 4.78 is 29.8. The number of esters is 1. The van der Waals surface area contributed by atoms with Crippen LogP contribution in [0, 0.1) is 5.82 Å². The van der Waals surface area contributed by atoms with Crippen molar-refractivity contribution in [3.63, 3.8) is 0 Å². The second-order valence-electron chi connectivity index (χ2n) is 5.96. The third-order valence-corrected chi connectivity index (χ3v) is 3.59. The molecule has 0 bridgehead atoms. The molecule has 0 saturated heterocycles. The minimum absolute atomic E-state index is 0.0243. The number of nitrogens with one attached hydrogen (secondary N) is 1. The van der Waals surface area contributed by atoms with Gasteiger partial charge in [-0.05, 0) is 43.2 Å². The normalized spacial score (nSPS) is 10.2. The third kappa shape index (κ3) is 6.26. The maximum absolute atomic E-state index is 13.5. The van der Waals surface area contributed by atoms with Crippen molar-refractivity contribution in [3.05, 3.63) is 53.8 Å². The van der Waals surface area contributed by atoms with E-state index in [1.807, 2.05) is 13.8 Å². The highest BCUT2D eigenvalue weighted by Gasteiger charge is 2.15. The molecule has 0 aliphatic rings. The van der Waals surface area contributed by atoms with E-state index in [0.717, 1.165) is 12.8 Å². The fourth-order valence-corrected chi connectivity index (χ4v) is 2.25. The highest BCUT2D eigenvalue weighted by molar-refractivity contribution is 5.95. The van der Waals surface area contributed by atoms with Crippen LogP contribution in [0.4, 0.5) is 10.1 Å². The van der Waals surface area contributed by atoms with Crippen LogP contribution < -0.4 is 14.8 Å². The smallest absolute Gasteiger partial charge is 0.338 e. The first-order valence-electron chi connectivity index (χ1n) is 9.16. The highest BCUT2D eigenvalue weighted by atomic mass is 19.1. The van der Waals surface area contributed by atoms with Crippen LogP contribution in [0.15, 0.2) is 42.5 Å². The number of carbonyl (C=O) groups is 2. The first-order chi connectivity index (χ1) is 13.5. The summed E-state index contributed by atoms with van der Waals surface area (Å²) in [6, 6.07) is 10.4. The molecular formula is C21H24FNO5. The Morgan fingerprint density at radius 3 is 2.32 bits per heavy atom. The molecule has 1 amide bonds. The molecule has 0 saturated carbocycles. The molecule has 0 aliphatic heterocycles. The Hall–Kier alpha value is -3.09. The van der Waals surface area contributed by atoms with E-state index in [4.69, 9.17) is 14.2 Å². The van der Waals surface area contributed by atoms with Crippen LogP contribution in [-0.4, -0.2) is 31.7 Å². The Morgan fingerprint density at radius 1 is 0.964 bits per heavy atom. The summed E-state index contributed by atoms with van der Waals surface area (Å²) >= 11 is 0. The van der Waals surface area contributed by atoms with Crippen molar-refractivity contribution in [1.29, 1.82) is 0 Å². The Labute approximate surface area is 163 Å². The van der Waals surface area contributed by atoms with Crippen LogP contribution >= 0.6 is 0 Å². The van der Waals surface area contributed by atoms with Gasteiger partial charge in [-0.1, -0.05) is 26.0 Å².